The van der Waals surface area contributed by atoms with Crippen LogP contribution in [0.5, 0.6) is 0 Å². The number of carboxylic acid groups (broad SMARTS) is 1. The van der Waals surface area contributed by atoms with E-state index in [0.717, 1.165) is 18.8 Å². The number of benzene rings is 2. The van der Waals surface area contributed by atoms with Crippen molar-refractivity contribution < 1.29 is 18.3 Å². The third kappa shape index (κ3) is 3.91. The Morgan fingerprint density at radius 3 is 2.44 bits per heavy atom. The van der Waals surface area contributed by atoms with Crippen LogP contribution in [0.1, 0.15) is 10.4 Å². The molecule has 0 spiro atoms. The molecule has 27 heavy (non-hydrogen) atoms. The van der Waals surface area contributed by atoms with E-state index in [-0.39, 0.29) is 10.5 Å². The van der Waals surface area contributed by atoms with Gasteiger partial charge in [0.05, 0.1) is 28.4 Å². The van der Waals surface area contributed by atoms with E-state index in [2.05, 4.69) is 9.80 Å². The summed E-state index contributed by atoms with van der Waals surface area (Å²) in [7, 11) is 0.151. The van der Waals surface area contributed by atoms with Crippen molar-refractivity contribution in [2.24, 2.45) is 0 Å². The summed E-state index contributed by atoms with van der Waals surface area (Å²) in [5.74, 6) is -1.15. The quantitative estimate of drug-likeness (QED) is 0.813. The van der Waals surface area contributed by atoms with Crippen molar-refractivity contribution in [3.63, 3.8) is 0 Å². The van der Waals surface area contributed by atoms with Gasteiger partial charge < -0.3 is 14.9 Å². The molecule has 2 aromatic rings. The predicted molar refractivity (Wildman–Crippen MR) is 105 cm³/mol. The van der Waals surface area contributed by atoms with Crippen LogP contribution in [-0.2, 0) is 10.0 Å². The number of sulfonamides is 1. The fourth-order valence-corrected chi connectivity index (χ4v) is 4.63. The summed E-state index contributed by atoms with van der Waals surface area (Å²) in [6, 6.07) is 12.9. The molecule has 1 heterocycles. The maximum absolute atomic E-state index is 13.2. The van der Waals surface area contributed by atoms with Crippen LogP contribution in [0.15, 0.2) is 53.4 Å². The first kappa shape index (κ1) is 19.2. The molecular weight excluding hydrogens is 366 g/mol. The molecule has 0 unspecified atom stereocenters. The summed E-state index contributed by atoms with van der Waals surface area (Å²) in [5, 5.41) is 9.16. The van der Waals surface area contributed by atoms with Gasteiger partial charge in [-0.3, -0.25) is 4.31 Å². The highest BCUT2D eigenvalue weighted by Crippen LogP contribution is 2.36. The Morgan fingerprint density at radius 2 is 1.78 bits per heavy atom. The second kappa shape index (κ2) is 7.58. The molecule has 0 amide bonds. The molecule has 0 saturated heterocycles. The van der Waals surface area contributed by atoms with Crippen molar-refractivity contribution in [3.05, 3.63) is 54.1 Å². The summed E-state index contributed by atoms with van der Waals surface area (Å²) in [6.45, 7) is 2.54. The van der Waals surface area contributed by atoms with Crippen molar-refractivity contribution in [1.82, 2.24) is 4.90 Å². The Kier molecular flexibility index (Phi) is 5.38. The molecular formula is C19H23N3O4S. The SMILES string of the molecule is CN(C)CCN1CCN(S(=O)(=O)c2cccc(C(=O)O)c2)c2ccccc21. The van der Waals surface area contributed by atoms with E-state index < -0.39 is 16.0 Å². The molecule has 1 aliphatic rings. The third-order valence-corrected chi connectivity index (χ3v) is 6.36. The van der Waals surface area contributed by atoms with Gasteiger partial charge in [0, 0.05) is 19.6 Å². The molecule has 1 aliphatic heterocycles. The number of aromatic carboxylic acids is 1. The topological polar surface area (TPSA) is 81.2 Å². The summed E-state index contributed by atoms with van der Waals surface area (Å²) in [6.07, 6.45) is 0. The monoisotopic (exact) mass is 389 g/mol. The van der Waals surface area contributed by atoms with Crippen molar-refractivity contribution in [1.29, 1.82) is 0 Å². The van der Waals surface area contributed by atoms with Crippen LogP contribution in [0.2, 0.25) is 0 Å². The van der Waals surface area contributed by atoms with Gasteiger partial charge in [-0.15, -0.1) is 0 Å². The van der Waals surface area contributed by atoms with E-state index in [1.165, 1.54) is 28.6 Å². The molecule has 0 fully saturated rings. The predicted octanol–water partition coefficient (Wildman–Crippen LogP) is 1.96. The van der Waals surface area contributed by atoms with E-state index in [1.807, 2.05) is 32.3 Å². The standard InChI is InChI=1S/C19H23N3O4S/c1-20(2)10-11-21-12-13-22(18-9-4-3-8-17(18)21)27(25,26)16-7-5-6-15(14-16)19(23)24/h3-9,14H,10-13H2,1-2H3,(H,23,24). The van der Waals surface area contributed by atoms with Gasteiger partial charge in [-0.2, -0.15) is 0 Å². The van der Waals surface area contributed by atoms with Crippen LogP contribution in [-0.4, -0.2) is 64.7 Å². The first-order chi connectivity index (χ1) is 12.8. The molecule has 3 rings (SSSR count). The van der Waals surface area contributed by atoms with Crippen molar-refractivity contribution >= 4 is 27.4 Å². The van der Waals surface area contributed by atoms with E-state index >= 15 is 0 Å². The Labute approximate surface area is 159 Å². The van der Waals surface area contributed by atoms with Gasteiger partial charge in [0.1, 0.15) is 0 Å². The highest BCUT2D eigenvalue weighted by molar-refractivity contribution is 7.92. The zero-order chi connectivity index (χ0) is 19.6. The Balaban J connectivity index is 1.98. The lowest BCUT2D eigenvalue weighted by molar-refractivity contribution is 0.0696. The lowest BCUT2D eigenvalue weighted by atomic mass is 10.2. The number of hydrogen-bond donors (Lipinski definition) is 1. The van der Waals surface area contributed by atoms with Gasteiger partial charge in [-0.05, 0) is 44.4 Å². The van der Waals surface area contributed by atoms with E-state index in [0.29, 0.717) is 18.8 Å². The summed E-state index contributed by atoms with van der Waals surface area (Å²) < 4.78 is 27.8. The van der Waals surface area contributed by atoms with Crippen molar-refractivity contribution in [2.75, 3.05) is 49.5 Å². The number of carbonyl (C=O) groups is 1. The Bertz CT molecular complexity index is 943. The van der Waals surface area contributed by atoms with Crippen LogP contribution in [0, 0.1) is 0 Å². The van der Waals surface area contributed by atoms with Gasteiger partial charge in [0.25, 0.3) is 10.0 Å². The van der Waals surface area contributed by atoms with E-state index in [4.69, 9.17) is 5.11 Å². The average Bonchev–Trinajstić information content (AvgIpc) is 2.65. The molecule has 7 nitrogen and oxygen atoms in total. The molecule has 0 aromatic heterocycles. The minimum absolute atomic E-state index is 0.0149. The second-order valence-electron chi connectivity index (χ2n) is 6.69. The van der Waals surface area contributed by atoms with Crippen molar-refractivity contribution in [3.8, 4) is 0 Å². The Morgan fingerprint density at radius 1 is 1.07 bits per heavy atom. The number of para-hydroxylation sites is 2. The van der Waals surface area contributed by atoms with Gasteiger partial charge >= 0.3 is 5.97 Å². The van der Waals surface area contributed by atoms with Gasteiger partial charge in [0.2, 0.25) is 0 Å². The van der Waals surface area contributed by atoms with Crippen LogP contribution >= 0.6 is 0 Å². The first-order valence-corrected chi connectivity index (χ1v) is 10.1. The zero-order valence-corrected chi connectivity index (χ0v) is 16.2. The summed E-state index contributed by atoms with van der Waals surface area (Å²) >= 11 is 0. The normalized spacial score (nSPS) is 14.3. The highest BCUT2D eigenvalue weighted by atomic mass is 32.2. The first-order valence-electron chi connectivity index (χ1n) is 8.65. The van der Waals surface area contributed by atoms with Gasteiger partial charge in [-0.1, -0.05) is 18.2 Å². The number of hydrogen-bond acceptors (Lipinski definition) is 5. The number of carboxylic acids is 1. The van der Waals surface area contributed by atoms with Gasteiger partial charge in [-0.25, -0.2) is 13.2 Å². The number of anilines is 2. The smallest absolute Gasteiger partial charge is 0.335 e. The number of nitrogens with zero attached hydrogens (tertiary/aromatic N) is 3. The number of fused-ring (bicyclic) bond motifs is 1. The molecule has 144 valence electrons. The largest absolute Gasteiger partial charge is 0.478 e. The minimum Gasteiger partial charge on any atom is -0.478 e. The van der Waals surface area contributed by atoms with E-state index in [9.17, 15) is 13.2 Å². The van der Waals surface area contributed by atoms with Crippen molar-refractivity contribution in [2.45, 2.75) is 4.90 Å². The molecule has 0 atom stereocenters. The molecule has 0 aliphatic carbocycles. The minimum atomic E-state index is -3.85. The van der Waals surface area contributed by atoms with Crippen LogP contribution in [0.4, 0.5) is 11.4 Å². The van der Waals surface area contributed by atoms with Crippen LogP contribution < -0.4 is 9.21 Å². The Hall–Kier alpha value is -2.58. The number of rotatable bonds is 6. The lowest BCUT2D eigenvalue weighted by Crippen LogP contribution is -2.45. The fourth-order valence-electron chi connectivity index (χ4n) is 3.11. The maximum atomic E-state index is 13.2. The molecule has 0 saturated carbocycles. The third-order valence-electron chi connectivity index (χ3n) is 4.55. The molecule has 2 aromatic carbocycles. The molecule has 0 bridgehead atoms. The maximum Gasteiger partial charge on any atom is 0.335 e. The fraction of sp³-hybridized carbons (Fsp3) is 0.316. The van der Waals surface area contributed by atoms with Gasteiger partial charge in [0.15, 0.2) is 0 Å². The zero-order valence-electron chi connectivity index (χ0n) is 15.4. The molecule has 8 heteroatoms. The van der Waals surface area contributed by atoms with Crippen LogP contribution in [0.25, 0.3) is 0 Å². The highest BCUT2D eigenvalue weighted by Gasteiger charge is 2.32. The summed E-state index contributed by atoms with van der Waals surface area (Å²) in [5.41, 5.74) is 1.43. The average molecular weight is 389 g/mol. The van der Waals surface area contributed by atoms with Crippen LogP contribution in [0.3, 0.4) is 0 Å². The second-order valence-corrected chi connectivity index (χ2v) is 8.55. The number of likely N-dealkylation sites (N-methyl/N-ethyl adjacent to an activating group) is 1. The summed E-state index contributed by atoms with van der Waals surface area (Å²) in [4.78, 5) is 15.5. The molecule has 0 radical (unpaired) electrons. The molecule has 1 N–H and O–H groups in total. The van der Waals surface area contributed by atoms with E-state index in [1.54, 1.807) is 6.07 Å². The lowest BCUT2D eigenvalue weighted by Gasteiger charge is -2.38.